The number of alkyl halides is 3. The van der Waals surface area contributed by atoms with E-state index in [1.807, 2.05) is 0 Å². The van der Waals surface area contributed by atoms with Crippen molar-refractivity contribution < 1.29 is 14.3 Å². The van der Waals surface area contributed by atoms with Crippen molar-refractivity contribution in [1.82, 2.24) is 4.90 Å². The molecule has 2 aliphatic rings. The average molecular weight is 289 g/mol. The van der Waals surface area contributed by atoms with Gasteiger partial charge in [0.2, 0.25) is 10.0 Å². The van der Waals surface area contributed by atoms with Crippen molar-refractivity contribution in [2.24, 2.45) is 0 Å². The first-order valence-corrected chi connectivity index (χ1v) is 6.09. The second kappa shape index (κ2) is 4.18. The minimum Gasteiger partial charge on any atom is -0.440 e. The SMILES string of the molecule is COC[C@@]12CCCN1[C@@H](C(Cl)(Cl)Cl)OC2=O. The molecule has 0 radical (unpaired) electrons. The van der Waals surface area contributed by atoms with E-state index in [1.165, 1.54) is 0 Å². The molecule has 0 amide bonds. The van der Waals surface area contributed by atoms with Crippen LogP contribution >= 0.6 is 34.8 Å². The van der Waals surface area contributed by atoms with Crippen LogP contribution in [0.15, 0.2) is 0 Å². The zero-order valence-electron chi connectivity index (χ0n) is 8.71. The molecule has 2 saturated heterocycles. The van der Waals surface area contributed by atoms with Crippen molar-refractivity contribution in [2.75, 3.05) is 20.3 Å². The van der Waals surface area contributed by atoms with Gasteiger partial charge < -0.3 is 9.47 Å². The molecular weight excluding hydrogens is 276 g/mol. The molecule has 2 heterocycles. The lowest BCUT2D eigenvalue weighted by Crippen LogP contribution is -2.51. The summed E-state index contributed by atoms with van der Waals surface area (Å²) in [5, 5.41) is 0. The first-order chi connectivity index (χ1) is 7.42. The molecule has 0 bridgehead atoms. The predicted octanol–water partition coefficient (Wildman–Crippen LogP) is 1.72. The lowest BCUT2D eigenvalue weighted by molar-refractivity contribution is -0.146. The van der Waals surface area contributed by atoms with E-state index in [4.69, 9.17) is 44.3 Å². The summed E-state index contributed by atoms with van der Waals surface area (Å²) in [6.45, 7) is 0.941. The summed E-state index contributed by atoms with van der Waals surface area (Å²) < 4.78 is 8.62. The van der Waals surface area contributed by atoms with Crippen molar-refractivity contribution in [3.63, 3.8) is 0 Å². The summed E-state index contributed by atoms with van der Waals surface area (Å²) >= 11 is 17.4. The van der Waals surface area contributed by atoms with Gasteiger partial charge >= 0.3 is 5.97 Å². The number of cyclic esters (lactones) is 1. The highest BCUT2D eigenvalue weighted by Crippen LogP contribution is 2.46. The molecule has 0 spiro atoms. The minimum absolute atomic E-state index is 0.267. The number of carbonyl (C=O) groups is 1. The van der Waals surface area contributed by atoms with Gasteiger partial charge in [-0.15, -0.1) is 0 Å². The van der Waals surface area contributed by atoms with Crippen molar-refractivity contribution in [2.45, 2.75) is 28.4 Å². The van der Waals surface area contributed by atoms with E-state index in [0.29, 0.717) is 13.0 Å². The first-order valence-electron chi connectivity index (χ1n) is 4.95. The lowest BCUT2D eigenvalue weighted by atomic mass is 9.98. The summed E-state index contributed by atoms with van der Waals surface area (Å²) in [5.74, 6) is -0.358. The maximum atomic E-state index is 11.9. The molecule has 2 atom stereocenters. The molecule has 0 saturated carbocycles. The number of carbonyl (C=O) groups excluding carboxylic acids is 1. The van der Waals surface area contributed by atoms with Gasteiger partial charge in [0.1, 0.15) is 5.54 Å². The van der Waals surface area contributed by atoms with Gasteiger partial charge in [-0.25, -0.2) is 9.69 Å². The lowest BCUT2D eigenvalue weighted by Gasteiger charge is -2.31. The Labute approximate surface area is 109 Å². The van der Waals surface area contributed by atoms with Crippen molar-refractivity contribution in [1.29, 1.82) is 0 Å². The topological polar surface area (TPSA) is 38.8 Å². The molecule has 4 nitrogen and oxygen atoms in total. The van der Waals surface area contributed by atoms with Gasteiger partial charge in [-0.05, 0) is 12.8 Å². The smallest absolute Gasteiger partial charge is 0.330 e. The molecule has 7 heteroatoms. The Balaban J connectivity index is 2.29. The first kappa shape index (κ1) is 12.7. The van der Waals surface area contributed by atoms with Crippen LogP contribution in [0.1, 0.15) is 12.8 Å². The van der Waals surface area contributed by atoms with Crippen LogP contribution in [0.5, 0.6) is 0 Å². The maximum absolute atomic E-state index is 11.9. The molecule has 0 unspecified atom stereocenters. The van der Waals surface area contributed by atoms with Gasteiger partial charge in [-0.1, -0.05) is 34.8 Å². The molecule has 2 fully saturated rings. The van der Waals surface area contributed by atoms with Crippen LogP contribution in [-0.4, -0.2) is 46.7 Å². The molecule has 0 aromatic heterocycles. The van der Waals surface area contributed by atoms with Crippen LogP contribution in [0.4, 0.5) is 0 Å². The summed E-state index contributed by atoms with van der Waals surface area (Å²) in [7, 11) is 1.54. The number of ether oxygens (including phenoxy) is 2. The number of nitrogens with zero attached hydrogens (tertiary/aromatic N) is 1. The van der Waals surface area contributed by atoms with Gasteiger partial charge in [0.15, 0.2) is 0 Å². The van der Waals surface area contributed by atoms with E-state index in [0.717, 1.165) is 6.42 Å². The van der Waals surface area contributed by atoms with E-state index in [1.54, 1.807) is 12.0 Å². The Morgan fingerprint density at radius 2 is 2.31 bits per heavy atom. The van der Waals surface area contributed by atoms with Crippen LogP contribution in [0, 0.1) is 0 Å². The fourth-order valence-corrected chi connectivity index (χ4v) is 2.92. The van der Waals surface area contributed by atoms with Crippen LogP contribution in [0.3, 0.4) is 0 Å². The van der Waals surface area contributed by atoms with Gasteiger partial charge in [-0.2, -0.15) is 0 Å². The third kappa shape index (κ3) is 1.81. The number of hydrogen-bond acceptors (Lipinski definition) is 4. The zero-order valence-corrected chi connectivity index (χ0v) is 11.0. The molecule has 2 aliphatic heterocycles. The molecule has 0 aromatic carbocycles. The predicted molar refractivity (Wildman–Crippen MR) is 60.7 cm³/mol. The third-order valence-corrected chi connectivity index (χ3v) is 3.64. The van der Waals surface area contributed by atoms with E-state index in [9.17, 15) is 4.79 Å². The summed E-state index contributed by atoms with van der Waals surface area (Å²) in [6.07, 6.45) is 0.731. The number of esters is 1. The minimum atomic E-state index is -1.63. The van der Waals surface area contributed by atoms with Gasteiger partial charge in [0.25, 0.3) is 0 Å². The van der Waals surface area contributed by atoms with Crippen molar-refractivity contribution in [3.05, 3.63) is 0 Å². The molecule has 0 aliphatic carbocycles. The molecule has 16 heavy (non-hydrogen) atoms. The second-order valence-electron chi connectivity index (χ2n) is 4.06. The molecular formula is C9H12Cl3NO3. The van der Waals surface area contributed by atoms with Crippen molar-refractivity contribution >= 4 is 40.8 Å². The summed E-state index contributed by atoms with van der Waals surface area (Å²) in [5.41, 5.74) is -0.761. The largest absolute Gasteiger partial charge is 0.440 e. The Morgan fingerprint density at radius 3 is 2.88 bits per heavy atom. The van der Waals surface area contributed by atoms with E-state index in [2.05, 4.69) is 0 Å². The van der Waals surface area contributed by atoms with Crippen LogP contribution in [-0.2, 0) is 14.3 Å². The highest BCUT2D eigenvalue weighted by atomic mass is 35.6. The van der Waals surface area contributed by atoms with Gasteiger partial charge in [-0.3, -0.25) is 0 Å². The van der Waals surface area contributed by atoms with Crippen LogP contribution < -0.4 is 0 Å². The summed E-state index contributed by atoms with van der Waals surface area (Å²) in [4.78, 5) is 13.7. The van der Waals surface area contributed by atoms with E-state index < -0.39 is 15.6 Å². The highest BCUT2D eigenvalue weighted by molar-refractivity contribution is 6.68. The molecule has 2 rings (SSSR count). The fourth-order valence-electron chi connectivity index (χ4n) is 2.43. The Hall–Kier alpha value is 0.260. The normalized spacial score (nSPS) is 35.2. The number of rotatable bonds is 2. The van der Waals surface area contributed by atoms with E-state index in [-0.39, 0.29) is 12.6 Å². The highest BCUT2D eigenvalue weighted by Gasteiger charge is 2.62. The Bertz CT molecular complexity index is 307. The van der Waals surface area contributed by atoms with Crippen molar-refractivity contribution in [3.8, 4) is 0 Å². The molecule has 92 valence electrons. The number of methoxy groups -OCH3 is 1. The molecule has 0 N–H and O–H groups in total. The maximum Gasteiger partial charge on any atom is 0.330 e. The Morgan fingerprint density at radius 1 is 1.62 bits per heavy atom. The standard InChI is InChI=1S/C9H12Cl3NO3/c1-15-5-8-3-2-4-13(8)6(9(10,11)12)16-7(8)14/h6H,2-5H2,1H3/t6-,8-/m1/s1. The zero-order chi connectivity index (χ0) is 12.0. The molecule has 0 aromatic rings. The number of hydrogen-bond donors (Lipinski definition) is 0. The number of fused-ring (bicyclic) bond motifs is 1. The fraction of sp³-hybridized carbons (Fsp3) is 0.889. The van der Waals surface area contributed by atoms with Gasteiger partial charge in [0, 0.05) is 13.7 Å². The van der Waals surface area contributed by atoms with Crippen LogP contribution in [0.25, 0.3) is 0 Å². The monoisotopic (exact) mass is 287 g/mol. The third-order valence-electron chi connectivity index (χ3n) is 3.08. The van der Waals surface area contributed by atoms with E-state index >= 15 is 0 Å². The van der Waals surface area contributed by atoms with Crippen LogP contribution in [0.2, 0.25) is 0 Å². The average Bonchev–Trinajstić information content (AvgIpc) is 2.66. The quantitative estimate of drug-likeness (QED) is 0.573. The van der Waals surface area contributed by atoms with Gasteiger partial charge in [0.05, 0.1) is 6.61 Å². The number of halogens is 3. The second-order valence-corrected chi connectivity index (χ2v) is 6.43. The Kier molecular flexibility index (Phi) is 3.32. The summed E-state index contributed by atoms with van der Waals surface area (Å²) in [6, 6.07) is 0.